The lowest BCUT2D eigenvalue weighted by Crippen LogP contribution is -2.58. The highest BCUT2D eigenvalue weighted by Crippen LogP contribution is 2.23. The molecule has 1 heterocycles. The Kier molecular flexibility index (Phi) is 3.63. The van der Waals surface area contributed by atoms with Crippen molar-refractivity contribution in [3.8, 4) is 5.75 Å². The van der Waals surface area contributed by atoms with Crippen molar-refractivity contribution in [1.82, 2.24) is 0 Å². The molecule has 5 atom stereocenters. The molecule has 0 amide bonds. The summed E-state index contributed by atoms with van der Waals surface area (Å²) in [6, 6.07) is 8.86. The molecule has 0 bridgehead atoms. The molecule has 0 radical (unpaired) electrons. The van der Waals surface area contributed by atoms with E-state index in [9.17, 15) is 15.3 Å². The number of hydrogen-bond acceptors (Lipinski definition) is 5. The van der Waals surface area contributed by atoms with Gasteiger partial charge in [0.05, 0.1) is 6.10 Å². The smallest absolute Gasteiger partial charge is 0.229 e. The van der Waals surface area contributed by atoms with E-state index in [0.717, 1.165) is 0 Å². The minimum Gasteiger partial charge on any atom is -0.462 e. The second kappa shape index (κ2) is 5.01. The number of benzene rings is 1. The Morgan fingerprint density at radius 1 is 1.00 bits per heavy atom. The van der Waals surface area contributed by atoms with Crippen LogP contribution in [0.5, 0.6) is 5.75 Å². The second-order valence-electron chi connectivity index (χ2n) is 4.11. The third kappa shape index (κ3) is 2.58. The maximum absolute atomic E-state index is 9.73. The van der Waals surface area contributed by atoms with Crippen LogP contribution in [0.15, 0.2) is 30.3 Å². The van der Waals surface area contributed by atoms with Gasteiger partial charge in [0, 0.05) is 0 Å². The van der Waals surface area contributed by atoms with Crippen LogP contribution >= 0.6 is 0 Å². The Labute approximate surface area is 99.2 Å². The van der Waals surface area contributed by atoms with Crippen molar-refractivity contribution in [1.29, 1.82) is 0 Å². The van der Waals surface area contributed by atoms with Crippen molar-refractivity contribution < 1.29 is 24.8 Å². The zero-order valence-corrected chi connectivity index (χ0v) is 9.43. The van der Waals surface area contributed by atoms with E-state index in [1.54, 1.807) is 31.2 Å². The van der Waals surface area contributed by atoms with E-state index < -0.39 is 30.7 Å². The summed E-state index contributed by atoms with van der Waals surface area (Å²) in [5.74, 6) is 0.535. The molecule has 2 rings (SSSR count). The van der Waals surface area contributed by atoms with Crippen molar-refractivity contribution >= 4 is 0 Å². The summed E-state index contributed by atoms with van der Waals surface area (Å²) in [6.07, 6.45) is -5.23. The van der Waals surface area contributed by atoms with Gasteiger partial charge in [-0.2, -0.15) is 0 Å². The van der Waals surface area contributed by atoms with Crippen molar-refractivity contribution in [2.45, 2.75) is 37.6 Å². The fraction of sp³-hybridized carbons (Fsp3) is 0.500. The number of hydrogen-bond donors (Lipinski definition) is 3. The van der Waals surface area contributed by atoms with Crippen LogP contribution < -0.4 is 4.74 Å². The molecule has 5 heteroatoms. The molecular weight excluding hydrogens is 224 g/mol. The molecule has 1 aliphatic rings. The second-order valence-corrected chi connectivity index (χ2v) is 4.11. The maximum atomic E-state index is 9.73. The molecule has 0 spiro atoms. The summed E-state index contributed by atoms with van der Waals surface area (Å²) in [5.41, 5.74) is 0. The summed E-state index contributed by atoms with van der Waals surface area (Å²) in [5, 5.41) is 28.8. The Morgan fingerprint density at radius 3 is 2.29 bits per heavy atom. The van der Waals surface area contributed by atoms with Crippen LogP contribution in [0.1, 0.15) is 6.92 Å². The minimum absolute atomic E-state index is 0.535. The summed E-state index contributed by atoms with van der Waals surface area (Å²) < 4.78 is 10.7. The molecule has 0 aliphatic carbocycles. The average molecular weight is 240 g/mol. The van der Waals surface area contributed by atoms with Gasteiger partial charge in [0.15, 0.2) is 0 Å². The van der Waals surface area contributed by atoms with Crippen LogP contribution in [0.4, 0.5) is 0 Å². The average Bonchev–Trinajstić information content (AvgIpc) is 2.35. The van der Waals surface area contributed by atoms with Crippen LogP contribution in [0, 0.1) is 0 Å². The molecule has 94 valence electrons. The molecule has 0 saturated carbocycles. The molecule has 5 nitrogen and oxygen atoms in total. The molecule has 3 N–H and O–H groups in total. The van der Waals surface area contributed by atoms with Crippen LogP contribution in [0.3, 0.4) is 0 Å². The van der Waals surface area contributed by atoms with Gasteiger partial charge in [0.25, 0.3) is 0 Å². The van der Waals surface area contributed by atoms with Gasteiger partial charge in [0.2, 0.25) is 6.29 Å². The van der Waals surface area contributed by atoms with Gasteiger partial charge in [-0.3, -0.25) is 0 Å². The molecule has 1 aromatic carbocycles. The monoisotopic (exact) mass is 240 g/mol. The first-order valence-electron chi connectivity index (χ1n) is 5.51. The predicted molar refractivity (Wildman–Crippen MR) is 59.4 cm³/mol. The number of para-hydroxylation sites is 1. The van der Waals surface area contributed by atoms with E-state index in [2.05, 4.69) is 0 Å². The first-order chi connectivity index (χ1) is 8.09. The van der Waals surface area contributed by atoms with Gasteiger partial charge in [-0.05, 0) is 19.1 Å². The normalized spacial score (nSPS) is 37.8. The van der Waals surface area contributed by atoms with E-state index in [4.69, 9.17) is 9.47 Å². The molecule has 1 fully saturated rings. The van der Waals surface area contributed by atoms with Gasteiger partial charge in [0.1, 0.15) is 24.1 Å². The number of ether oxygens (including phenoxy) is 2. The van der Waals surface area contributed by atoms with Gasteiger partial charge >= 0.3 is 0 Å². The SMILES string of the molecule is C[C@@H]1O[C@@H](Oc2ccccc2)[C@@H](O)[C@@H](O)[C@H]1O. The molecule has 1 aromatic rings. The first kappa shape index (κ1) is 12.3. The van der Waals surface area contributed by atoms with Crippen molar-refractivity contribution in [3.63, 3.8) is 0 Å². The Hall–Kier alpha value is -1.14. The molecule has 1 saturated heterocycles. The lowest BCUT2D eigenvalue weighted by molar-refractivity contribution is -0.268. The summed E-state index contributed by atoms with van der Waals surface area (Å²) in [6.45, 7) is 1.61. The molecule has 1 aliphatic heterocycles. The first-order valence-corrected chi connectivity index (χ1v) is 5.51. The fourth-order valence-corrected chi connectivity index (χ4v) is 1.74. The van der Waals surface area contributed by atoms with Crippen LogP contribution in [-0.4, -0.2) is 46.0 Å². The summed E-state index contributed by atoms with van der Waals surface area (Å²) in [7, 11) is 0. The molecule has 0 unspecified atom stereocenters. The third-order valence-electron chi connectivity index (χ3n) is 2.80. The Balaban J connectivity index is 2.06. The fourth-order valence-electron chi connectivity index (χ4n) is 1.74. The highest BCUT2D eigenvalue weighted by molar-refractivity contribution is 5.21. The Bertz CT molecular complexity index is 355. The van der Waals surface area contributed by atoms with Gasteiger partial charge in [-0.25, -0.2) is 0 Å². The van der Waals surface area contributed by atoms with Crippen LogP contribution in [0.2, 0.25) is 0 Å². The molecular formula is C12H16O5. The van der Waals surface area contributed by atoms with Gasteiger partial charge in [-0.1, -0.05) is 18.2 Å². The topological polar surface area (TPSA) is 79.2 Å². The van der Waals surface area contributed by atoms with Crippen molar-refractivity contribution in [2.24, 2.45) is 0 Å². The standard InChI is InChI=1S/C12H16O5/c1-7-9(13)10(14)11(15)12(16-7)17-8-5-3-2-4-6-8/h2-7,9-15H,1H3/t7-,9-,10-,11-,12-/m0/s1. The number of rotatable bonds is 2. The van der Waals surface area contributed by atoms with E-state index in [-0.39, 0.29) is 0 Å². The number of aliphatic hydroxyl groups excluding tert-OH is 3. The minimum atomic E-state index is -1.28. The van der Waals surface area contributed by atoms with Crippen LogP contribution in [-0.2, 0) is 4.74 Å². The highest BCUT2D eigenvalue weighted by atomic mass is 16.7. The lowest BCUT2D eigenvalue weighted by atomic mass is 10.00. The highest BCUT2D eigenvalue weighted by Gasteiger charge is 2.43. The number of aliphatic hydroxyl groups is 3. The lowest BCUT2D eigenvalue weighted by Gasteiger charge is -2.38. The van der Waals surface area contributed by atoms with E-state index in [1.165, 1.54) is 0 Å². The van der Waals surface area contributed by atoms with E-state index in [1.807, 2.05) is 6.07 Å². The quantitative estimate of drug-likeness (QED) is 0.672. The zero-order chi connectivity index (χ0) is 12.4. The summed E-state index contributed by atoms with van der Waals surface area (Å²) >= 11 is 0. The summed E-state index contributed by atoms with van der Waals surface area (Å²) in [4.78, 5) is 0. The maximum Gasteiger partial charge on any atom is 0.229 e. The predicted octanol–water partition coefficient (Wildman–Crippen LogP) is -0.107. The molecule has 0 aromatic heterocycles. The van der Waals surface area contributed by atoms with Crippen molar-refractivity contribution in [2.75, 3.05) is 0 Å². The Morgan fingerprint density at radius 2 is 1.65 bits per heavy atom. The zero-order valence-electron chi connectivity index (χ0n) is 9.43. The van der Waals surface area contributed by atoms with Crippen LogP contribution in [0.25, 0.3) is 0 Å². The largest absolute Gasteiger partial charge is 0.462 e. The van der Waals surface area contributed by atoms with Crippen molar-refractivity contribution in [3.05, 3.63) is 30.3 Å². The third-order valence-corrected chi connectivity index (χ3v) is 2.80. The van der Waals surface area contributed by atoms with E-state index >= 15 is 0 Å². The molecule has 17 heavy (non-hydrogen) atoms. The van der Waals surface area contributed by atoms with Gasteiger partial charge in [-0.15, -0.1) is 0 Å². The van der Waals surface area contributed by atoms with E-state index in [0.29, 0.717) is 5.75 Å². The van der Waals surface area contributed by atoms with Gasteiger partial charge < -0.3 is 24.8 Å².